The van der Waals surface area contributed by atoms with Gasteiger partial charge in [-0.2, -0.15) is 0 Å². The van der Waals surface area contributed by atoms with E-state index in [1.807, 2.05) is 72.4 Å². The van der Waals surface area contributed by atoms with Crippen molar-refractivity contribution in [3.8, 4) is 5.75 Å². The van der Waals surface area contributed by atoms with Crippen molar-refractivity contribution in [3.63, 3.8) is 0 Å². The van der Waals surface area contributed by atoms with Crippen LogP contribution in [0.5, 0.6) is 5.75 Å². The third-order valence-electron chi connectivity index (χ3n) is 9.32. The molecule has 4 heterocycles. The molecule has 0 fully saturated rings. The maximum atomic E-state index is 13.5. The Morgan fingerprint density at radius 3 is 2.56 bits per heavy atom. The van der Waals surface area contributed by atoms with Crippen molar-refractivity contribution in [1.82, 2.24) is 24.6 Å². The molecule has 6 aromatic rings. The Morgan fingerprint density at radius 2 is 1.77 bits per heavy atom. The lowest BCUT2D eigenvalue weighted by Gasteiger charge is -2.31. The number of nitrogens with zero attached hydrogens (tertiary/aromatic N) is 5. The first-order chi connectivity index (χ1) is 27.6. The molecule has 0 saturated carbocycles. The van der Waals surface area contributed by atoms with E-state index in [1.54, 1.807) is 30.5 Å². The van der Waals surface area contributed by atoms with Crippen LogP contribution in [0.3, 0.4) is 0 Å². The van der Waals surface area contributed by atoms with Crippen molar-refractivity contribution < 1.29 is 28.0 Å². The molecule has 57 heavy (non-hydrogen) atoms. The molecule has 1 aliphatic heterocycles. The number of amides is 2. The van der Waals surface area contributed by atoms with E-state index in [-0.39, 0.29) is 28.2 Å². The molecule has 1 aliphatic rings. The number of ether oxygens (including phenoxy) is 1. The molecule has 15 nitrogen and oxygen atoms in total. The number of thiazole rings is 1. The van der Waals surface area contributed by atoms with Crippen molar-refractivity contribution in [2.24, 2.45) is 0 Å². The van der Waals surface area contributed by atoms with Gasteiger partial charge in [0.05, 0.1) is 22.3 Å². The van der Waals surface area contributed by atoms with Gasteiger partial charge < -0.3 is 19.9 Å². The summed E-state index contributed by atoms with van der Waals surface area (Å²) in [4.78, 5) is 44.6. The van der Waals surface area contributed by atoms with Gasteiger partial charge in [0.2, 0.25) is 0 Å². The van der Waals surface area contributed by atoms with Crippen LogP contribution >= 0.6 is 11.3 Å². The number of carbonyl (C=O) groups excluding carboxylic acids is 2. The number of pyridine rings is 2. The van der Waals surface area contributed by atoms with Gasteiger partial charge in [-0.25, -0.2) is 28.1 Å². The lowest BCUT2D eigenvalue weighted by atomic mass is 9.94. The highest BCUT2D eigenvalue weighted by Crippen LogP contribution is 2.30. The maximum Gasteiger partial charge on any atom is 0.283 e. The highest BCUT2D eigenvalue weighted by atomic mass is 32.2. The second-order valence-electron chi connectivity index (χ2n) is 13.6. The van der Waals surface area contributed by atoms with Crippen LogP contribution < -0.4 is 30.5 Å². The summed E-state index contributed by atoms with van der Waals surface area (Å²) in [6.45, 7) is 1.96. The van der Waals surface area contributed by atoms with Gasteiger partial charge in [0.25, 0.3) is 21.8 Å². The quantitative estimate of drug-likeness (QED) is 0.0804. The summed E-state index contributed by atoms with van der Waals surface area (Å²) < 4.78 is 35.1. The molecule has 5 N–H and O–H groups in total. The number of carbonyl (C=O) groups is 2. The average molecular weight is 808 g/mol. The molecule has 294 valence electrons. The third-order valence-corrected chi connectivity index (χ3v) is 11.5. The van der Waals surface area contributed by atoms with Gasteiger partial charge in [0, 0.05) is 24.8 Å². The fourth-order valence-corrected chi connectivity index (χ4v) is 8.18. The van der Waals surface area contributed by atoms with Crippen LogP contribution in [0.25, 0.3) is 10.3 Å². The molecule has 0 saturated heterocycles. The number of sulfonamides is 1. The van der Waals surface area contributed by atoms with E-state index in [0.717, 1.165) is 22.5 Å². The number of nitrogens with one attached hydrogen (secondary N) is 4. The first kappa shape index (κ1) is 39.1. The van der Waals surface area contributed by atoms with Crippen LogP contribution in [0.1, 0.15) is 38.4 Å². The summed E-state index contributed by atoms with van der Waals surface area (Å²) in [6.07, 6.45) is 2.99. The van der Waals surface area contributed by atoms with Crippen LogP contribution in [0.4, 0.5) is 22.3 Å². The number of rotatable bonds is 15. The van der Waals surface area contributed by atoms with Crippen LogP contribution in [-0.4, -0.2) is 85.1 Å². The van der Waals surface area contributed by atoms with Gasteiger partial charge >= 0.3 is 0 Å². The predicted octanol–water partition coefficient (Wildman–Crippen LogP) is 5.63. The number of fused-ring (bicyclic) bond motifs is 2. The summed E-state index contributed by atoms with van der Waals surface area (Å²) in [6, 6.07) is 27.3. The van der Waals surface area contributed by atoms with Gasteiger partial charge in [0.15, 0.2) is 5.13 Å². The Hall–Kier alpha value is -6.14. The zero-order valence-electron chi connectivity index (χ0n) is 31.2. The zero-order valence-corrected chi connectivity index (χ0v) is 32.8. The molecule has 2 amide bonds. The first-order valence-corrected chi connectivity index (χ1v) is 20.4. The molecule has 0 unspecified atom stereocenters. The summed E-state index contributed by atoms with van der Waals surface area (Å²) in [7, 11) is -0.470. The zero-order chi connectivity index (χ0) is 39.9. The summed E-state index contributed by atoms with van der Waals surface area (Å²) in [5.74, 6) is -0.0757. The molecule has 7 rings (SSSR count). The number of hydrogen-bond acceptors (Lipinski definition) is 14. The fourth-order valence-electron chi connectivity index (χ4n) is 6.39. The van der Waals surface area contributed by atoms with Crippen molar-refractivity contribution in [2.75, 3.05) is 54.8 Å². The van der Waals surface area contributed by atoms with Gasteiger partial charge in [-0.3, -0.25) is 25.6 Å². The first-order valence-electron chi connectivity index (χ1n) is 18.1. The molecule has 1 atom stereocenters. The van der Waals surface area contributed by atoms with E-state index < -0.39 is 15.9 Å². The Morgan fingerprint density at radius 1 is 0.947 bits per heavy atom. The molecule has 0 radical (unpaired) electrons. The van der Waals surface area contributed by atoms with Crippen LogP contribution in [0.2, 0.25) is 0 Å². The molecular formula is C40H41N9O6S2. The number of aromatic nitrogens is 3. The highest BCUT2D eigenvalue weighted by Gasteiger charge is 2.26. The minimum atomic E-state index is -4.40. The summed E-state index contributed by atoms with van der Waals surface area (Å²) >= 11 is 1.29. The van der Waals surface area contributed by atoms with Gasteiger partial charge in [0.1, 0.15) is 34.2 Å². The smallest absolute Gasteiger partial charge is 0.283 e. The SMILES string of the molecule is CN(C)CC[C@H](COc1ccccc1)Nc1ccc(S(=O)(=O)NC(=O)c2cccc(N3CCc4cccc(C(=O)Nc5nc6cccnc6s5)c4C3)n2)cc1NO. The Balaban J connectivity index is 1.03. The molecular weight excluding hydrogens is 767 g/mol. The van der Waals surface area contributed by atoms with Crippen molar-refractivity contribution in [2.45, 2.75) is 30.3 Å². The van der Waals surface area contributed by atoms with E-state index in [9.17, 15) is 23.2 Å². The number of para-hydroxylation sites is 1. The second kappa shape index (κ2) is 17.3. The van der Waals surface area contributed by atoms with E-state index in [2.05, 4.69) is 35.8 Å². The average Bonchev–Trinajstić information content (AvgIpc) is 3.64. The van der Waals surface area contributed by atoms with Gasteiger partial charge in [-0.05, 0) is 105 Å². The molecule has 3 aromatic heterocycles. The van der Waals surface area contributed by atoms with Gasteiger partial charge in [-0.1, -0.05) is 47.7 Å². The number of anilines is 4. The Labute approximate surface area is 333 Å². The molecule has 0 bridgehead atoms. The minimum absolute atomic E-state index is 0.0931. The number of benzene rings is 3. The predicted molar refractivity (Wildman–Crippen MR) is 220 cm³/mol. The molecule has 17 heteroatoms. The fraction of sp³-hybridized carbons (Fsp3) is 0.225. The normalized spacial score (nSPS) is 13.2. The van der Waals surface area contributed by atoms with Gasteiger partial charge in [-0.15, -0.1) is 0 Å². The van der Waals surface area contributed by atoms with Crippen LogP contribution in [0, 0.1) is 0 Å². The van der Waals surface area contributed by atoms with Crippen molar-refractivity contribution >= 4 is 65.8 Å². The summed E-state index contributed by atoms with van der Waals surface area (Å²) in [5.41, 5.74) is 5.53. The summed E-state index contributed by atoms with van der Waals surface area (Å²) in [5, 5.41) is 16.7. The standard InChI is InChI=1S/C40H41N9O6S2/c1-48(2)21-19-27(25-55-28-10-4-3-5-11-28)42-32-17-16-29(23-35(32)46-52)57(53,54)47-38(51)33-13-7-15-36(43-33)49-22-18-26-9-6-12-30(31(26)24-49)37(50)45-40-44-34-14-8-20-41-39(34)56-40/h3-17,20,23,27,42,46,52H,18-19,21-22,24-25H2,1-2H3,(H,47,51)(H,44,45,50)/t27-/m1/s1. The van der Waals surface area contributed by atoms with E-state index in [4.69, 9.17) is 4.74 Å². The largest absolute Gasteiger partial charge is 0.491 e. The minimum Gasteiger partial charge on any atom is -0.491 e. The topological polar surface area (TPSA) is 191 Å². The van der Waals surface area contributed by atoms with E-state index in [1.165, 1.54) is 35.6 Å². The van der Waals surface area contributed by atoms with Crippen LogP contribution in [0.15, 0.2) is 108 Å². The lowest BCUT2D eigenvalue weighted by Crippen LogP contribution is -2.34. The molecule has 0 spiro atoms. The van der Waals surface area contributed by atoms with E-state index in [0.29, 0.717) is 66.0 Å². The van der Waals surface area contributed by atoms with Crippen molar-refractivity contribution in [3.05, 3.63) is 126 Å². The maximum absolute atomic E-state index is 13.5. The lowest BCUT2D eigenvalue weighted by molar-refractivity contribution is 0.0975. The van der Waals surface area contributed by atoms with E-state index >= 15 is 0 Å². The number of hydrogen-bond donors (Lipinski definition) is 5. The second-order valence-corrected chi connectivity index (χ2v) is 16.3. The monoisotopic (exact) mass is 807 g/mol. The molecule has 3 aromatic carbocycles. The highest BCUT2D eigenvalue weighted by molar-refractivity contribution is 7.90. The molecule has 0 aliphatic carbocycles. The van der Waals surface area contributed by atoms with Crippen LogP contribution in [-0.2, 0) is 23.0 Å². The Kier molecular flexibility index (Phi) is 11.9. The third kappa shape index (κ3) is 9.46. The van der Waals surface area contributed by atoms with Crippen molar-refractivity contribution in [1.29, 1.82) is 0 Å². The Bertz CT molecular complexity index is 2470.